The van der Waals surface area contributed by atoms with E-state index in [9.17, 15) is 13.2 Å². The topological polar surface area (TPSA) is 64.9 Å². The van der Waals surface area contributed by atoms with Gasteiger partial charge in [0.05, 0.1) is 11.3 Å². The molecule has 2 rings (SSSR count). The SMILES string of the molecule is CC(N)c1ccc(-c2c(Cl)ccc(N)c2C(F)(F)F)cn1. The first-order valence-corrected chi connectivity index (χ1v) is 6.46. The van der Waals surface area contributed by atoms with Crippen LogP contribution in [0.5, 0.6) is 0 Å². The van der Waals surface area contributed by atoms with E-state index in [0.717, 1.165) is 6.07 Å². The minimum Gasteiger partial charge on any atom is -0.398 e. The minimum atomic E-state index is -4.61. The van der Waals surface area contributed by atoms with Gasteiger partial charge in [0, 0.05) is 34.1 Å². The zero-order valence-corrected chi connectivity index (χ0v) is 11.8. The number of alkyl halides is 3. The zero-order chi connectivity index (χ0) is 15.8. The van der Waals surface area contributed by atoms with Crippen molar-refractivity contribution in [3.8, 4) is 11.1 Å². The van der Waals surface area contributed by atoms with Crippen molar-refractivity contribution in [3.05, 3.63) is 46.7 Å². The highest BCUT2D eigenvalue weighted by Gasteiger charge is 2.37. The van der Waals surface area contributed by atoms with E-state index in [0.29, 0.717) is 5.69 Å². The largest absolute Gasteiger partial charge is 0.419 e. The molecular weight excluding hydrogens is 303 g/mol. The number of pyridine rings is 1. The molecule has 0 aliphatic carbocycles. The summed E-state index contributed by atoms with van der Waals surface area (Å²) in [6.45, 7) is 1.73. The van der Waals surface area contributed by atoms with E-state index >= 15 is 0 Å². The van der Waals surface area contributed by atoms with Crippen LogP contribution in [0.4, 0.5) is 18.9 Å². The number of hydrogen-bond donors (Lipinski definition) is 2. The number of hydrogen-bond acceptors (Lipinski definition) is 3. The smallest absolute Gasteiger partial charge is 0.398 e. The number of halogens is 4. The van der Waals surface area contributed by atoms with Crippen LogP contribution in [-0.4, -0.2) is 4.98 Å². The summed E-state index contributed by atoms with van der Waals surface area (Å²) < 4.78 is 39.6. The normalized spacial score (nSPS) is 13.2. The Morgan fingerprint density at radius 1 is 1.19 bits per heavy atom. The van der Waals surface area contributed by atoms with E-state index in [2.05, 4.69) is 4.98 Å². The van der Waals surface area contributed by atoms with Crippen molar-refractivity contribution in [2.24, 2.45) is 5.73 Å². The summed E-state index contributed by atoms with van der Waals surface area (Å²) in [6, 6.07) is 5.23. The predicted octanol–water partition coefficient (Wildman–Crippen LogP) is 4.02. The number of aromatic nitrogens is 1. The van der Waals surface area contributed by atoms with Crippen molar-refractivity contribution in [1.82, 2.24) is 4.98 Å². The van der Waals surface area contributed by atoms with Gasteiger partial charge in [0.2, 0.25) is 0 Å². The first-order chi connectivity index (χ1) is 9.71. The monoisotopic (exact) mass is 315 g/mol. The molecule has 2 aromatic rings. The third-order valence-corrected chi connectivity index (χ3v) is 3.33. The first kappa shape index (κ1) is 15.6. The summed E-state index contributed by atoms with van der Waals surface area (Å²) in [6.07, 6.45) is -3.29. The third-order valence-electron chi connectivity index (χ3n) is 3.01. The van der Waals surface area contributed by atoms with Crippen molar-refractivity contribution >= 4 is 17.3 Å². The van der Waals surface area contributed by atoms with Crippen molar-refractivity contribution in [1.29, 1.82) is 0 Å². The van der Waals surface area contributed by atoms with Crippen LogP contribution in [0.25, 0.3) is 11.1 Å². The molecule has 0 aliphatic rings. The maximum Gasteiger partial charge on any atom is 0.419 e. The quantitative estimate of drug-likeness (QED) is 0.823. The standard InChI is InChI=1S/C14H13ClF3N3/c1-7(19)11-5-2-8(6-21-11)12-9(15)3-4-10(20)13(12)14(16,17)18/h2-7H,19-20H2,1H3. The molecule has 0 saturated carbocycles. The average molecular weight is 316 g/mol. The fourth-order valence-corrected chi connectivity index (χ4v) is 2.27. The van der Waals surface area contributed by atoms with Crippen molar-refractivity contribution in [3.63, 3.8) is 0 Å². The maximum absolute atomic E-state index is 13.2. The molecule has 0 fully saturated rings. The Balaban J connectivity index is 2.65. The average Bonchev–Trinajstić information content (AvgIpc) is 2.40. The molecule has 3 nitrogen and oxygen atoms in total. The van der Waals surface area contributed by atoms with E-state index in [4.69, 9.17) is 23.1 Å². The fourth-order valence-electron chi connectivity index (χ4n) is 2.00. The molecule has 4 N–H and O–H groups in total. The second-order valence-corrected chi connectivity index (χ2v) is 5.05. The summed E-state index contributed by atoms with van der Waals surface area (Å²) in [7, 11) is 0. The highest BCUT2D eigenvalue weighted by molar-refractivity contribution is 6.33. The number of nitrogens with zero attached hydrogens (tertiary/aromatic N) is 1. The van der Waals surface area contributed by atoms with E-state index in [1.54, 1.807) is 13.0 Å². The first-order valence-electron chi connectivity index (χ1n) is 6.09. The van der Waals surface area contributed by atoms with Crippen LogP contribution < -0.4 is 11.5 Å². The molecule has 1 atom stereocenters. The minimum absolute atomic E-state index is 0.0353. The molecule has 0 aliphatic heterocycles. The molecule has 1 aromatic heterocycles. The van der Waals surface area contributed by atoms with E-state index in [1.165, 1.54) is 18.3 Å². The lowest BCUT2D eigenvalue weighted by Gasteiger charge is -2.17. The van der Waals surface area contributed by atoms with Gasteiger partial charge in [-0.3, -0.25) is 4.98 Å². The molecule has 0 amide bonds. The molecule has 0 radical (unpaired) electrons. The Morgan fingerprint density at radius 2 is 1.86 bits per heavy atom. The lowest BCUT2D eigenvalue weighted by Crippen LogP contribution is -2.12. The third kappa shape index (κ3) is 3.11. The number of rotatable bonds is 2. The number of nitrogen functional groups attached to an aromatic ring is 1. The van der Waals surface area contributed by atoms with Crippen LogP contribution >= 0.6 is 11.6 Å². The van der Waals surface area contributed by atoms with E-state index in [-0.39, 0.29) is 27.9 Å². The van der Waals surface area contributed by atoms with E-state index in [1.807, 2.05) is 0 Å². The van der Waals surface area contributed by atoms with Crippen LogP contribution in [0.15, 0.2) is 30.5 Å². The fraction of sp³-hybridized carbons (Fsp3) is 0.214. The van der Waals surface area contributed by atoms with Gasteiger partial charge < -0.3 is 11.5 Å². The highest BCUT2D eigenvalue weighted by atomic mass is 35.5. The highest BCUT2D eigenvalue weighted by Crippen LogP contribution is 2.44. The van der Waals surface area contributed by atoms with E-state index < -0.39 is 11.7 Å². The number of benzene rings is 1. The molecule has 0 bridgehead atoms. The summed E-state index contributed by atoms with van der Waals surface area (Å²) in [5.41, 5.74) is 10.5. The van der Waals surface area contributed by atoms with Crippen molar-refractivity contribution in [2.75, 3.05) is 5.73 Å². The Kier molecular flexibility index (Phi) is 4.11. The van der Waals surface area contributed by atoms with Crippen molar-refractivity contribution < 1.29 is 13.2 Å². The Hall–Kier alpha value is -1.79. The second kappa shape index (κ2) is 5.54. The predicted molar refractivity (Wildman–Crippen MR) is 76.7 cm³/mol. The molecule has 1 heterocycles. The van der Waals surface area contributed by atoms with Crippen LogP contribution in [0.3, 0.4) is 0 Å². The summed E-state index contributed by atoms with van der Waals surface area (Å²) in [5.74, 6) is 0. The zero-order valence-electron chi connectivity index (χ0n) is 11.1. The summed E-state index contributed by atoms with van der Waals surface area (Å²) in [4.78, 5) is 4.06. The van der Waals surface area contributed by atoms with Gasteiger partial charge in [-0.15, -0.1) is 0 Å². The van der Waals surface area contributed by atoms with Crippen LogP contribution in [0.1, 0.15) is 24.2 Å². The van der Waals surface area contributed by atoms with Gasteiger partial charge in [-0.25, -0.2) is 0 Å². The molecule has 0 spiro atoms. The van der Waals surface area contributed by atoms with Gasteiger partial charge in [0.1, 0.15) is 0 Å². The van der Waals surface area contributed by atoms with Crippen LogP contribution in [-0.2, 0) is 6.18 Å². The number of anilines is 1. The molecule has 0 saturated heterocycles. The lowest BCUT2D eigenvalue weighted by atomic mass is 9.98. The number of nitrogens with two attached hydrogens (primary N) is 2. The molecular formula is C14H13ClF3N3. The lowest BCUT2D eigenvalue weighted by molar-refractivity contribution is -0.136. The molecule has 1 unspecified atom stereocenters. The van der Waals surface area contributed by atoms with Gasteiger partial charge >= 0.3 is 6.18 Å². The molecule has 1 aromatic carbocycles. The Morgan fingerprint density at radius 3 is 2.33 bits per heavy atom. The van der Waals surface area contributed by atoms with Gasteiger partial charge in [0.25, 0.3) is 0 Å². The molecule has 21 heavy (non-hydrogen) atoms. The van der Waals surface area contributed by atoms with Crippen LogP contribution in [0, 0.1) is 0 Å². The van der Waals surface area contributed by atoms with Crippen molar-refractivity contribution in [2.45, 2.75) is 19.1 Å². The second-order valence-electron chi connectivity index (χ2n) is 4.64. The van der Waals surface area contributed by atoms with Gasteiger partial charge in [-0.2, -0.15) is 13.2 Å². The summed E-state index contributed by atoms with van der Waals surface area (Å²) in [5, 5.41) is -0.0353. The Bertz CT molecular complexity index is 652. The summed E-state index contributed by atoms with van der Waals surface area (Å²) >= 11 is 5.94. The van der Waals surface area contributed by atoms with Crippen LogP contribution in [0.2, 0.25) is 5.02 Å². The van der Waals surface area contributed by atoms with Gasteiger partial charge in [-0.05, 0) is 25.1 Å². The Labute approximate surface area is 124 Å². The van der Waals surface area contributed by atoms with Gasteiger partial charge in [0.15, 0.2) is 0 Å². The maximum atomic E-state index is 13.2. The molecule has 7 heteroatoms. The van der Waals surface area contributed by atoms with Gasteiger partial charge in [-0.1, -0.05) is 17.7 Å². The molecule has 112 valence electrons.